The molecule has 32 heavy (non-hydrogen) atoms. The van der Waals surface area contributed by atoms with Gasteiger partial charge in [-0.05, 0) is 17.7 Å². The van der Waals surface area contributed by atoms with E-state index in [0.717, 1.165) is 5.56 Å². The lowest BCUT2D eigenvalue weighted by atomic mass is 9.93. The van der Waals surface area contributed by atoms with Crippen molar-refractivity contribution in [3.05, 3.63) is 77.4 Å². The molecule has 4 N–H and O–H groups in total. The van der Waals surface area contributed by atoms with Crippen LogP contribution < -0.4 is 4.74 Å². The summed E-state index contributed by atoms with van der Waals surface area (Å²) in [5, 5.41) is 39.8. The van der Waals surface area contributed by atoms with Gasteiger partial charge in [-0.25, -0.2) is 0 Å². The van der Waals surface area contributed by atoms with E-state index in [0.29, 0.717) is 16.9 Å². The van der Waals surface area contributed by atoms with Crippen molar-refractivity contribution in [1.82, 2.24) is 0 Å². The van der Waals surface area contributed by atoms with Crippen molar-refractivity contribution in [3.63, 3.8) is 0 Å². The molecule has 0 saturated carbocycles. The minimum absolute atomic E-state index is 0.172. The first-order valence-electron chi connectivity index (χ1n) is 9.90. The zero-order chi connectivity index (χ0) is 22.8. The van der Waals surface area contributed by atoms with E-state index in [1.807, 2.05) is 30.3 Å². The molecule has 0 aromatic heterocycles. The molecule has 3 aromatic carbocycles. The summed E-state index contributed by atoms with van der Waals surface area (Å²) < 4.78 is 11.7. The lowest BCUT2D eigenvalue weighted by Crippen LogP contribution is -2.36. The number of hydrogen-bond donors (Lipinski definition) is 4. The average molecular weight is 455 g/mol. The van der Waals surface area contributed by atoms with E-state index >= 15 is 0 Å². The summed E-state index contributed by atoms with van der Waals surface area (Å²) in [4.78, 5) is 12.0. The Morgan fingerprint density at radius 1 is 0.969 bits per heavy atom. The predicted octanol–water partition coefficient (Wildman–Crippen LogP) is 4.55. The molecule has 0 fully saturated rings. The largest absolute Gasteiger partial charge is 0.508 e. The molecule has 0 aliphatic carbocycles. The number of esters is 1. The zero-order valence-electron chi connectivity index (χ0n) is 17.1. The second kappa shape index (κ2) is 8.92. The molecule has 166 valence electrons. The fourth-order valence-corrected chi connectivity index (χ4v) is 5.09. The van der Waals surface area contributed by atoms with Gasteiger partial charge in [-0.2, -0.15) is 0 Å². The molecule has 3 aromatic rings. The van der Waals surface area contributed by atoms with Gasteiger partial charge in [0.1, 0.15) is 17.2 Å². The molecule has 1 heterocycles. The van der Waals surface area contributed by atoms with E-state index in [-0.39, 0.29) is 28.7 Å². The Hall–Kier alpha value is -3.52. The number of rotatable bonds is 5. The van der Waals surface area contributed by atoms with Crippen LogP contribution in [0.5, 0.6) is 28.7 Å². The summed E-state index contributed by atoms with van der Waals surface area (Å²) >= 11 is 1.46. The van der Waals surface area contributed by atoms with Gasteiger partial charge in [0.2, 0.25) is 0 Å². The van der Waals surface area contributed by atoms with Crippen LogP contribution in [-0.4, -0.2) is 32.5 Å². The molecule has 4 rings (SSSR count). The molecule has 0 spiro atoms. The number of hydrogen-bond acceptors (Lipinski definition) is 8. The highest BCUT2D eigenvalue weighted by molar-refractivity contribution is 7.98. The third-order valence-corrected chi connectivity index (χ3v) is 6.51. The van der Waals surface area contributed by atoms with E-state index in [1.165, 1.54) is 43.0 Å². The molecular weight excluding hydrogens is 432 g/mol. The summed E-state index contributed by atoms with van der Waals surface area (Å²) in [7, 11) is 0. The second-order valence-electron chi connectivity index (χ2n) is 7.45. The summed E-state index contributed by atoms with van der Waals surface area (Å²) in [6, 6.07) is 16.5. The summed E-state index contributed by atoms with van der Waals surface area (Å²) in [5.74, 6) is -0.699. The molecule has 1 unspecified atom stereocenters. The second-order valence-corrected chi connectivity index (χ2v) is 8.58. The van der Waals surface area contributed by atoms with Gasteiger partial charge in [0, 0.05) is 30.4 Å². The first-order chi connectivity index (χ1) is 15.3. The quantitative estimate of drug-likeness (QED) is 0.328. The van der Waals surface area contributed by atoms with E-state index in [1.54, 1.807) is 6.07 Å². The minimum atomic E-state index is -0.854. The number of carbonyl (C=O) groups excluding carboxylic acids is 1. The number of ether oxygens (including phenoxy) is 2. The average Bonchev–Trinajstić information content (AvgIpc) is 2.75. The molecule has 1 aliphatic heterocycles. The normalized spacial score (nSPS) is 19.6. The van der Waals surface area contributed by atoms with E-state index in [2.05, 4.69) is 0 Å². The zero-order valence-corrected chi connectivity index (χ0v) is 18.0. The summed E-state index contributed by atoms with van der Waals surface area (Å²) in [6.07, 6.45) is -1.71. The van der Waals surface area contributed by atoms with Crippen molar-refractivity contribution >= 4 is 17.7 Å². The molecule has 3 atom stereocenters. The number of carbonyl (C=O) groups is 1. The number of thioether (sulfide) groups is 1. The molecule has 8 heteroatoms. The van der Waals surface area contributed by atoms with Gasteiger partial charge < -0.3 is 29.9 Å². The van der Waals surface area contributed by atoms with Crippen LogP contribution in [0.15, 0.2) is 60.7 Å². The maximum Gasteiger partial charge on any atom is 0.303 e. The van der Waals surface area contributed by atoms with E-state index in [4.69, 9.17) is 9.47 Å². The van der Waals surface area contributed by atoms with Crippen LogP contribution in [-0.2, 0) is 15.3 Å². The summed E-state index contributed by atoms with van der Waals surface area (Å²) in [5.41, 5.74) is 1.92. The van der Waals surface area contributed by atoms with Crippen LogP contribution in [0.2, 0.25) is 0 Å². The van der Waals surface area contributed by atoms with Crippen molar-refractivity contribution in [3.8, 4) is 28.7 Å². The Morgan fingerprint density at radius 3 is 2.41 bits per heavy atom. The molecule has 0 amide bonds. The first kappa shape index (κ1) is 21.7. The lowest BCUT2D eigenvalue weighted by molar-refractivity contribution is -0.152. The van der Waals surface area contributed by atoms with Crippen LogP contribution in [0, 0.1) is 0 Å². The predicted molar refractivity (Wildman–Crippen MR) is 119 cm³/mol. The van der Waals surface area contributed by atoms with E-state index in [9.17, 15) is 25.2 Å². The highest BCUT2D eigenvalue weighted by Gasteiger charge is 2.44. The molecule has 1 aliphatic rings. The molecular formula is C24H22O7S. The number of phenols is 4. The number of fused-ring (bicyclic) bond motifs is 1. The monoisotopic (exact) mass is 454 g/mol. The molecule has 7 nitrogen and oxygen atoms in total. The minimum Gasteiger partial charge on any atom is -0.508 e. The maximum absolute atomic E-state index is 12.0. The third kappa shape index (κ3) is 4.40. The molecule has 0 radical (unpaired) electrons. The van der Waals surface area contributed by atoms with Gasteiger partial charge in [0.15, 0.2) is 23.7 Å². The van der Waals surface area contributed by atoms with Crippen LogP contribution in [0.1, 0.15) is 35.0 Å². The third-order valence-electron chi connectivity index (χ3n) is 5.14. The smallest absolute Gasteiger partial charge is 0.303 e. The topological polar surface area (TPSA) is 116 Å². The van der Waals surface area contributed by atoms with Crippen LogP contribution in [0.4, 0.5) is 0 Å². The van der Waals surface area contributed by atoms with Gasteiger partial charge in [-0.1, -0.05) is 36.4 Å². The van der Waals surface area contributed by atoms with Crippen molar-refractivity contribution in [2.75, 3.05) is 0 Å². The Labute approximate surface area is 188 Å². The SMILES string of the molecule is CC(=O)O[C@@H]1C(SCc2ccccc2)c2c(O)cc(O)cc2O[C@@H]1c1ccc(O)c(O)c1. The van der Waals surface area contributed by atoms with Crippen LogP contribution in [0.25, 0.3) is 0 Å². The standard InChI is InChI=1S/C24H22O7S/c1-13(25)30-23-22(15-7-8-17(27)18(28)9-15)31-20-11-16(26)10-19(29)21(20)24(23)32-12-14-5-3-2-4-6-14/h2-11,22-24,26-29H,12H2,1H3/t22-,23+,24?/m1/s1. The van der Waals surface area contributed by atoms with Crippen molar-refractivity contribution in [2.45, 2.75) is 30.1 Å². The van der Waals surface area contributed by atoms with Gasteiger partial charge in [-0.15, -0.1) is 11.8 Å². The van der Waals surface area contributed by atoms with Crippen molar-refractivity contribution in [2.24, 2.45) is 0 Å². The lowest BCUT2D eigenvalue weighted by Gasteiger charge is -2.39. The Bertz CT molecular complexity index is 1130. The molecule has 0 bridgehead atoms. The van der Waals surface area contributed by atoms with Crippen molar-refractivity contribution in [1.29, 1.82) is 0 Å². The van der Waals surface area contributed by atoms with Gasteiger partial charge in [0.05, 0.1) is 10.8 Å². The fourth-order valence-electron chi connectivity index (χ4n) is 3.74. The van der Waals surface area contributed by atoms with Crippen LogP contribution >= 0.6 is 11.8 Å². The van der Waals surface area contributed by atoms with Crippen LogP contribution in [0.3, 0.4) is 0 Å². The van der Waals surface area contributed by atoms with Gasteiger partial charge in [0.25, 0.3) is 0 Å². The first-order valence-corrected chi connectivity index (χ1v) is 11.0. The Kier molecular flexibility index (Phi) is 6.05. The number of phenolic OH excluding ortho intramolecular Hbond substituents is 4. The fraction of sp³-hybridized carbons (Fsp3) is 0.208. The molecule has 0 saturated heterocycles. The summed E-state index contributed by atoms with van der Waals surface area (Å²) in [6.45, 7) is 1.29. The maximum atomic E-state index is 12.0. The van der Waals surface area contributed by atoms with Gasteiger partial charge >= 0.3 is 5.97 Å². The van der Waals surface area contributed by atoms with Gasteiger partial charge in [-0.3, -0.25) is 4.79 Å². The van der Waals surface area contributed by atoms with Crippen molar-refractivity contribution < 1.29 is 34.7 Å². The highest BCUT2D eigenvalue weighted by atomic mass is 32.2. The van der Waals surface area contributed by atoms with E-state index < -0.39 is 23.4 Å². The number of aromatic hydroxyl groups is 4. The highest BCUT2D eigenvalue weighted by Crippen LogP contribution is 2.54. The Morgan fingerprint density at radius 2 is 1.72 bits per heavy atom. The Balaban J connectivity index is 1.80. The number of benzene rings is 3.